The molecule has 0 aliphatic carbocycles. The van der Waals surface area contributed by atoms with Crippen molar-refractivity contribution in [1.29, 1.82) is 0 Å². The molecule has 9 heteroatoms. The van der Waals surface area contributed by atoms with Gasteiger partial charge in [0.15, 0.2) is 5.78 Å². The van der Waals surface area contributed by atoms with Gasteiger partial charge < -0.3 is 15.0 Å². The molecule has 1 aromatic rings. The number of carbonyl (C=O) groups is 3. The summed E-state index contributed by atoms with van der Waals surface area (Å²) in [5.41, 5.74) is 0.559. The van der Waals surface area contributed by atoms with Gasteiger partial charge in [-0.05, 0) is 36.6 Å². The van der Waals surface area contributed by atoms with E-state index in [1.54, 1.807) is 16.3 Å². The van der Waals surface area contributed by atoms with Gasteiger partial charge in [-0.2, -0.15) is 38.3 Å². The summed E-state index contributed by atoms with van der Waals surface area (Å²) in [4.78, 5) is 39.3. The second-order valence-corrected chi connectivity index (χ2v) is 7.88. The minimum Gasteiger partial charge on any atom is -0.368 e. The Labute approximate surface area is 177 Å². The van der Waals surface area contributed by atoms with Crippen molar-refractivity contribution in [3.8, 4) is 0 Å². The standard InChI is InChI=1S/C18H24N2O4S.2H2S/c1-11(2)8-13(19-17(22)12-5-7-25-10-12)18(23)20-6-3-4-15-16(20)14(21)9-24-15;;/h5,7,10-11,13,15-16H,3-4,6,8-9H2,1-2H3,(H,19,22);2*1H2/t13-,15+,16+;;/m0../s1. The van der Waals surface area contributed by atoms with Crippen molar-refractivity contribution in [1.82, 2.24) is 10.2 Å². The molecule has 0 aromatic carbocycles. The highest BCUT2D eigenvalue weighted by Gasteiger charge is 2.45. The van der Waals surface area contributed by atoms with Crippen molar-refractivity contribution >= 4 is 55.9 Å². The molecule has 0 unspecified atom stereocenters. The maximum Gasteiger partial charge on any atom is 0.252 e. The number of hydrogen-bond donors (Lipinski definition) is 1. The number of nitrogens with zero attached hydrogens (tertiary/aromatic N) is 1. The van der Waals surface area contributed by atoms with Crippen LogP contribution >= 0.6 is 38.3 Å². The lowest BCUT2D eigenvalue weighted by Gasteiger charge is -2.37. The molecule has 2 amide bonds. The Morgan fingerprint density at radius 1 is 1.37 bits per heavy atom. The van der Waals surface area contributed by atoms with Gasteiger partial charge in [-0.15, -0.1) is 0 Å². The van der Waals surface area contributed by atoms with E-state index in [9.17, 15) is 14.4 Å². The van der Waals surface area contributed by atoms with Gasteiger partial charge in [-0.1, -0.05) is 13.8 Å². The molecule has 0 spiro atoms. The van der Waals surface area contributed by atoms with Crippen LogP contribution in [0.15, 0.2) is 16.8 Å². The first-order chi connectivity index (χ1) is 12.0. The normalized spacial score (nSPS) is 22.5. The average molecular weight is 433 g/mol. The molecular weight excluding hydrogens is 404 g/mol. The van der Waals surface area contributed by atoms with E-state index in [4.69, 9.17) is 4.74 Å². The highest BCUT2D eigenvalue weighted by atomic mass is 32.1. The third-order valence-corrected chi connectivity index (χ3v) is 5.41. The van der Waals surface area contributed by atoms with Gasteiger partial charge >= 0.3 is 0 Å². The number of ether oxygens (including phenoxy) is 1. The van der Waals surface area contributed by atoms with Gasteiger partial charge in [-0.25, -0.2) is 0 Å². The molecular formula is C18H28N2O4S3. The molecule has 0 bridgehead atoms. The van der Waals surface area contributed by atoms with E-state index in [1.807, 2.05) is 19.2 Å². The van der Waals surface area contributed by atoms with Crippen LogP contribution in [0.3, 0.4) is 0 Å². The summed E-state index contributed by atoms with van der Waals surface area (Å²) in [6.07, 6.45) is 1.96. The molecule has 2 aliphatic rings. The summed E-state index contributed by atoms with van der Waals surface area (Å²) in [5.74, 6) is -0.216. The topological polar surface area (TPSA) is 75.7 Å². The van der Waals surface area contributed by atoms with Crippen molar-refractivity contribution in [3.05, 3.63) is 22.4 Å². The molecule has 2 saturated heterocycles. The van der Waals surface area contributed by atoms with Gasteiger partial charge in [0.1, 0.15) is 18.7 Å². The zero-order valence-corrected chi connectivity index (χ0v) is 18.4. The Hall–Kier alpha value is -1.03. The minimum atomic E-state index is -0.625. The molecule has 3 heterocycles. The molecule has 2 fully saturated rings. The summed E-state index contributed by atoms with van der Waals surface area (Å²) in [5, 5.41) is 6.46. The zero-order valence-electron chi connectivity index (χ0n) is 15.6. The quantitative estimate of drug-likeness (QED) is 0.773. The second kappa shape index (κ2) is 10.5. The summed E-state index contributed by atoms with van der Waals surface area (Å²) in [6.45, 7) is 4.65. The predicted octanol–water partition coefficient (Wildman–Crippen LogP) is 2.08. The Kier molecular flexibility index (Phi) is 9.33. The van der Waals surface area contributed by atoms with Gasteiger partial charge in [0.25, 0.3) is 5.91 Å². The summed E-state index contributed by atoms with van der Waals surface area (Å²) < 4.78 is 5.52. The van der Waals surface area contributed by atoms with Crippen LogP contribution in [0, 0.1) is 5.92 Å². The molecule has 27 heavy (non-hydrogen) atoms. The molecule has 0 saturated carbocycles. The molecule has 6 nitrogen and oxygen atoms in total. The Balaban J connectivity index is 0.00000182. The first-order valence-corrected chi connectivity index (χ1v) is 9.69. The number of nitrogens with one attached hydrogen (secondary N) is 1. The van der Waals surface area contributed by atoms with Crippen molar-refractivity contribution in [2.45, 2.75) is 51.3 Å². The number of fused-ring (bicyclic) bond motifs is 1. The average Bonchev–Trinajstić information content (AvgIpc) is 3.23. The van der Waals surface area contributed by atoms with Crippen molar-refractivity contribution in [2.75, 3.05) is 13.2 Å². The number of Topliss-reactive ketones (excluding diaryl/α,β-unsaturated/α-hetero) is 1. The maximum atomic E-state index is 13.1. The van der Waals surface area contributed by atoms with E-state index in [-0.39, 0.29) is 63.2 Å². The maximum absolute atomic E-state index is 13.1. The Bertz CT molecular complexity index is 651. The van der Waals surface area contributed by atoms with Gasteiger partial charge in [0.05, 0.1) is 11.7 Å². The Morgan fingerprint density at radius 2 is 2.11 bits per heavy atom. The molecule has 1 aromatic heterocycles. The third kappa shape index (κ3) is 5.49. The van der Waals surface area contributed by atoms with Crippen LogP contribution in [0.1, 0.15) is 43.5 Å². The number of likely N-dealkylation sites (tertiary alicyclic amines) is 1. The van der Waals surface area contributed by atoms with Crippen LogP contribution in [0.5, 0.6) is 0 Å². The number of rotatable bonds is 5. The van der Waals surface area contributed by atoms with E-state index >= 15 is 0 Å². The number of carbonyl (C=O) groups excluding carboxylic acids is 3. The Morgan fingerprint density at radius 3 is 2.74 bits per heavy atom. The van der Waals surface area contributed by atoms with E-state index in [1.165, 1.54) is 11.3 Å². The lowest BCUT2D eigenvalue weighted by atomic mass is 9.95. The smallest absolute Gasteiger partial charge is 0.252 e. The molecule has 1 N–H and O–H groups in total. The molecule has 0 radical (unpaired) electrons. The second-order valence-electron chi connectivity index (χ2n) is 7.10. The molecule has 3 rings (SSSR count). The van der Waals surface area contributed by atoms with Crippen LogP contribution in [-0.4, -0.2) is 53.8 Å². The largest absolute Gasteiger partial charge is 0.368 e. The molecule has 2 aliphatic heterocycles. The first kappa shape index (κ1) is 24.0. The van der Waals surface area contributed by atoms with E-state index in [0.29, 0.717) is 18.5 Å². The fourth-order valence-corrected chi connectivity index (χ4v) is 4.20. The zero-order chi connectivity index (χ0) is 18.0. The van der Waals surface area contributed by atoms with Gasteiger partial charge in [-0.3, -0.25) is 14.4 Å². The molecule has 3 atom stereocenters. The molecule has 152 valence electrons. The van der Waals surface area contributed by atoms with Crippen molar-refractivity contribution in [2.24, 2.45) is 5.92 Å². The number of ketones is 1. The van der Waals surface area contributed by atoms with Crippen LogP contribution < -0.4 is 5.32 Å². The van der Waals surface area contributed by atoms with Crippen molar-refractivity contribution in [3.63, 3.8) is 0 Å². The predicted molar refractivity (Wildman–Crippen MR) is 115 cm³/mol. The third-order valence-electron chi connectivity index (χ3n) is 4.72. The number of hydrogen-bond acceptors (Lipinski definition) is 5. The number of amides is 2. The summed E-state index contributed by atoms with van der Waals surface area (Å²) in [6, 6.07) is 0.621. The SMILES string of the molecule is CC(C)C[C@H](NC(=O)c1ccsc1)C(=O)N1CCC[C@H]2OCC(=O)[C@H]21.S.S. The summed E-state index contributed by atoms with van der Waals surface area (Å²) >= 11 is 1.44. The highest BCUT2D eigenvalue weighted by molar-refractivity contribution is 7.59. The fraction of sp³-hybridized carbons (Fsp3) is 0.611. The van der Waals surface area contributed by atoms with E-state index in [0.717, 1.165) is 12.8 Å². The number of piperidine rings is 1. The van der Waals surface area contributed by atoms with Crippen molar-refractivity contribution < 1.29 is 19.1 Å². The first-order valence-electron chi connectivity index (χ1n) is 8.75. The highest BCUT2D eigenvalue weighted by Crippen LogP contribution is 2.27. The number of thiophene rings is 1. The van der Waals surface area contributed by atoms with Gasteiger partial charge in [0, 0.05) is 11.9 Å². The lowest BCUT2D eigenvalue weighted by Crippen LogP contribution is -2.58. The van der Waals surface area contributed by atoms with Crippen LogP contribution in [0.25, 0.3) is 0 Å². The lowest BCUT2D eigenvalue weighted by molar-refractivity contribution is -0.142. The minimum absolute atomic E-state index is 0. The fourth-order valence-electron chi connectivity index (χ4n) is 3.57. The van der Waals surface area contributed by atoms with Crippen LogP contribution in [0.4, 0.5) is 0 Å². The van der Waals surface area contributed by atoms with Crippen LogP contribution in [0.2, 0.25) is 0 Å². The van der Waals surface area contributed by atoms with E-state index in [2.05, 4.69) is 5.32 Å². The van der Waals surface area contributed by atoms with Crippen LogP contribution in [-0.2, 0) is 14.3 Å². The van der Waals surface area contributed by atoms with E-state index < -0.39 is 12.1 Å². The summed E-state index contributed by atoms with van der Waals surface area (Å²) in [7, 11) is 0. The van der Waals surface area contributed by atoms with Gasteiger partial charge in [0.2, 0.25) is 5.91 Å². The monoisotopic (exact) mass is 432 g/mol.